The summed E-state index contributed by atoms with van der Waals surface area (Å²) in [6.07, 6.45) is 0.0871. The molecule has 1 aliphatic heterocycles. The summed E-state index contributed by atoms with van der Waals surface area (Å²) in [7, 11) is 1.32. The molecule has 1 saturated heterocycles. The molecule has 122 valence electrons. The predicted octanol–water partition coefficient (Wildman–Crippen LogP) is -0.214. The van der Waals surface area contributed by atoms with Crippen LogP contribution >= 0.6 is 0 Å². The van der Waals surface area contributed by atoms with Gasteiger partial charge in [0.25, 0.3) is 0 Å². The second-order valence-corrected chi connectivity index (χ2v) is 4.55. The van der Waals surface area contributed by atoms with Crippen molar-refractivity contribution in [3.05, 3.63) is 0 Å². The third kappa shape index (κ3) is 4.44. The maximum Gasteiger partial charge on any atom is 0.303 e. The largest absolute Gasteiger partial charge is 0.455 e. The first-order chi connectivity index (χ1) is 10.3. The maximum absolute atomic E-state index is 11.3. The zero-order valence-corrected chi connectivity index (χ0v) is 12.7. The molecule has 1 fully saturated rings. The number of esters is 3. The SMILES string of the molecule is C#C[C@H](OC(C)=O)C1OC(OC)[C@@H](OC(C)=O)[C@@H]1OC(C)=O. The van der Waals surface area contributed by atoms with Crippen LogP contribution in [0.15, 0.2) is 0 Å². The molecule has 1 aliphatic rings. The second kappa shape index (κ2) is 7.77. The molecular weight excluding hydrogens is 296 g/mol. The quantitative estimate of drug-likeness (QED) is 0.390. The van der Waals surface area contributed by atoms with E-state index in [4.69, 9.17) is 30.1 Å². The van der Waals surface area contributed by atoms with Crippen LogP contribution in [0, 0.1) is 12.3 Å². The summed E-state index contributed by atoms with van der Waals surface area (Å²) >= 11 is 0. The minimum Gasteiger partial charge on any atom is -0.455 e. The Morgan fingerprint density at radius 2 is 1.59 bits per heavy atom. The van der Waals surface area contributed by atoms with Crippen LogP contribution in [0.3, 0.4) is 0 Å². The number of hydrogen-bond acceptors (Lipinski definition) is 8. The summed E-state index contributed by atoms with van der Waals surface area (Å²) in [6, 6.07) is 0. The molecule has 0 N–H and O–H groups in total. The number of rotatable bonds is 5. The molecule has 0 spiro atoms. The highest BCUT2D eigenvalue weighted by Crippen LogP contribution is 2.30. The van der Waals surface area contributed by atoms with Gasteiger partial charge in [0.05, 0.1) is 0 Å². The first kappa shape index (κ1) is 17.9. The summed E-state index contributed by atoms with van der Waals surface area (Å²) in [4.78, 5) is 33.6. The average Bonchev–Trinajstić information content (AvgIpc) is 2.73. The molecule has 0 aromatic heterocycles. The van der Waals surface area contributed by atoms with E-state index >= 15 is 0 Å². The monoisotopic (exact) mass is 314 g/mol. The fraction of sp³-hybridized carbons (Fsp3) is 0.643. The number of methoxy groups -OCH3 is 1. The number of terminal acetylenes is 1. The molecule has 0 aliphatic carbocycles. The second-order valence-electron chi connectivity index (χ2n) is 4.55. The van der Waals surface area contributed by atoms with Crippen LogP contribution in [0.5, 0.6) is 0 Å². The Kier molecular flexibility index (Phi) is 6.34. The molecule has 0 aromatic rings. The van der Waals surface area contributed by atoms with E-state index in [-0.39, 0.29) is 0 Å². The summed E-state index contributed by atoms with van der Waals surface area (Å²) in [5.74, 6) is 0.369. The van der Waals surface area contributed by atoms with Crippen LogP contribution in [-0.4, -0.2) is 55.7 Å². The molecule has 8 heteroatoms. The van der Waals surface area contributed by atoms with Crippen LogP contribution in [0.25, 0.3) is 0 Å². The molecular formula is C14H18O8. The van der Waals surface area contributed by atoms with E-state index in [9.17, 15) is 14.4 Å². The van der Waals surface area contributed by atoms with E-state index in [1.807, 2.05) is 0 Å². The van der Waals surface area contributed by atoms with Gasteiger partial charge in [0, 0.05) is 27.9 Å². The first-order valence-electron chi connectivity index (χ1n) is 6.46. The van der Waals surface area contributed by atoms with Gasteiger partial charge < -0.3 is 23.7 Å². The maximum atomic E-state index is 11.3. The van der Waals surface area contributed by atoms with Crippen LogP contribution in [-0.2, 0) is 38.1 Å². The zero-order chi connectivity index (χ0) is 16.9. The number of hydrogen-bond donors (Lipinski definition) is 0. The van der Waals surface area contributed by atoms with Gasteiger partial charge in [-0.1, -0.05) is 5.92 Å². The zero-order valence-electron chi connectivity index (χ0n) is 12.7. The molecule has 5 atom stereocenters. The molecule has 8 nitrogen and oxygen atoms in total. The molecule has 0 bridgehead atoms. The van der Waals surface area contributed by atoms with Crippen molar-refractivity contribution < 1.29 is 38.1 Å². The van der Waals surface area contributed by atoms with Crippen LogP contribution < -0.4 is 0 Å². The Bertz CT molecular complexity index is 480. The minimum atomic E-state index is -1.12. The van der Waals surface area contributed by atoms with Crippen molar-refractivity contribution in [2.24, 2.45) is 0 Å². The van der Waals surface area contributed by atoms with E-state index in [1.54, 1.807) is 0 Å². The van der Waals surface area contributed by atoms with E-state index in [0.717, 1.165) is 0 Å². The molecule has 2 unspecified atom stereocenters. The summed E-state index contributed by atoms with van der Waals surface area (Å²) in [5, 5.41) is 0. The molecule has 1 rings (SSSR count). The Morgan fingerprint density at radius 1 is 1.05 bits per heavy atom. The first-order valence-corrected chi connectivity index (χ1v) is 6.46. The molecule has 1 heterocycles. The fourth-order valence-corrected chi connectivity index (χ4v) is 2.10. The van der Waals surface area contributed by atoms with Crippen LogP contribution in [0.1, 0.15) is 20.8 Å². The highest BCUT2D eigenvalue weighted by atomic mass is 16.7. The molecule has 0 saturated carbocycles. The summed E-state index contributed by atoms with van der Waals surface area (Å²) < 4.78 is 25.7. The molecule has 0 amide bonds. The Morgan fingerprint density at radius 3 is 2.00 bits per heavy atom. The van der Waals surface area contributed by atoms with Gasteiger partial charge in [0.2, 0.25) is 0 Å². The van der Waals surface area contributed by atoms with Gasteiger partial charge in [-0.05, 0) is 0 Å². The Hall–Kier alpha value is -2.11. The highest BCUT2D eigenvalue weighted by Gasteiger charge is 2.53. The average molecular weight is 314 g/mol. The topological polar surface area (TPSA) is 97.4 Å². The fourth-order valence-electron chi connectivity index (χ4n) is 2.10. The smallest absolute Gasteiger partial charge is 0.303 e. The van der Waals surface area contributed by atoms with Crippen molar-refractivity contribution in [1.29, 1.82) is 0 Å². The molecule has 0 radical (unpaired) electrons. The Balaban J connectivity index is 3.07. The number of ether oxygens (including phenoxy) is 5. The van der Waals surface area contributed by atoms with E-state index in [2.05, 4.69) is 5.92 Å². The summed E-state index contributed by atoms with van der Waals surface area (Å²) in [6.45, 7) is 3.55. The van der Waals surface area contributed by atoms with E-state index in [0.29, 0.717) is 0 Å². The van der Waals surface area contributed by atoms with Gasteiger partial charge in [0.1, 0.15) is 6.10 Å². The number of carbonyl (C=O) groups excluding carboxylic acids is 3. The lowest BCUT2D eigenvalue weighted by Gasteiger charge is -2.25. The van der Waals surface area contributed by atoms with Gasteiger partial charge in [-0.25, -0.2) is 0 Å². The third-order valence-electron chi connectivity index (χ3n) is 2.80. The van der Waals surface area contributed by atoms with Gasteiger partial charge >= 0.3 is 17.9 Å². The normalized spacial score (nSPS) is 28.3. The van der Waals surface area contributed by atoms with Gasteiger partial charge in [-0.3, -0.25) is 14.4 Å². The van der Waals surface area contributed by atoms with Gasteiger partial charge in [-0.15, -0.1) is 6.42 Å². The Labute approximate surface area is 128 Å². The standard InChI is InChI=1S/C14H18O8/c1-6-10(19-7(2)15)11-12(20-8(3)16)13(21-9(4)17)14(18-5)22-11/h1,10-14H,2-5H3/t10-,11?,12+,13-,14?/m0/s1. The lowest BCUT2D eigenvalue weighted by atomic mass is 10.1. The lowest BCUT2D eigenvalue weighted by molar-refractivity contribution is -0.183. The van der Waals surface area contributed by atoms with Crippen LogP contribution in [0.4, 0.5) is 0 Å². The lowest BCUT2D eigenvalue weighted by Crippen LogP contribution is -2.44. The summed E-state index contributed by atoms with van der Waals surface area (Å²) in [5.41, 5.74) is 0. The van der Waals surface area contributed by atoms with Crippen molar-refractivity contribution in [1.82, 2.24) is 0 Å². The van der Waals surface area contributed by atoms with Crippen molar-refractivity contribution in [2.75, 3.05) is 7.11 Å². The minimum absolute atomic E-state index is 0.613. The van der Waals surface area contributed by atoms with Crippen molar-refractivity contribution in [2.45, 2.75) is 51.5 Å². The molecule has 22 heavy (non-hydrogen) atoms. The van der Waals surface area contributed by atoms with E-state index < -0.39 is 48.6 Å². The third-order valence-corrected chi connectivity index (χ3v) is 2.80. The predicted molar refractivity (Wildman–Crippen MR) is 71.2 cm³/mol. The van der Waals surface area contributed by atoms with Crippen LogP contribution in [0.2, 0.25) is 0 Å². The van der Waals surface area contributed by atoms with Crippen molar-refractivity contribution in [3.63, 3.8) is 0 Å². The van der Waals surface area contributed by atoms with E-state index in [1.165, 1.54) is 27.9 Å². The number of carbonyl (C=O) groups is 3. The molecule has 0 aromatic carbocycles. The van der Waals surface area contributed by atoms with Gasteiger partial charge in [-0.2, -0.15) is 0 Å². The van der Waals surface area contributed by atoms with Crippen molar-refractivity contribution >= 4 is 17.9 Å². The van der Waals surface area contributed by atoms with Crippen molar-refractivity contribution in [3.8, 4) is 12.3 Å². The van der Waals surface area contributed by atoms with Gasteiger partial charge in [0.15, 0.2) is 24.6 Å². The highest BCUT2D eigenvalue weighted by molar-refractivity contribution is 5.68.